The first kappa shape index (κ1) is 12.1. The molecule has 1 aromatic rings. The number of rotatable bonds is 5. The lowest BCUT2D eigenvalue weighted by Gasteiger charge is -2.11. The van der Waals surface area contributed by atoms with Gasteiger partial charge in [-0.25, -0.2) is 4.98 Å². The molecule has 1 atom stereocenters. The number of aromatic nitrogens is 2. The maximum absolute atomic E-state index is 4.48. The van der Waals surface area contributed by atoms with Crippen molar-refractivity contribution in [3.8, 4) is 0 Å². The van der Waals surface area contributed by atoms with Crippen LogP contribution < -0.4 is 10.6 Å². The zero-order valence-corrected chi connectivity index (χ0v) is 11.2. The van der Waals surface area contributed by atoms with Crippen molar-refractivity contribution in [3.63, 3.8) is 0 Å². The monoisotopic (exact) mass is 234 g/mol. The fourth-order valence-electron chi connectivity index (χ4n) is 2.01. The molecule has 1 heterocycles. The fourth-order valence-corrected chi connectivity index (χ4v) is 2.01. The summed E-state index contributed by atoms with van der Waals surface area (Å²) in [6.45, 7) is 10.6. The van der Waals surface area contributed by atoms with Crippen molar-refractivity contribution in [2.24, 2.45) is 11.3 Å². The highest BCUT2D eigenvalue weighted by Crippen LogP contribution is 2.51. The van der Waals surface area contributed by atoms with E-state index in [9.17, 15) is 0 Å². The van der Waals surface area contributed by atoms with E-state index < -0.39 is 0 Å². The third-order valence-electron chi connectivity index (χ3n) is 3.54. The maximum Gasteiger partial charge on any atom is 0.224 e. The molecular formula is C13H22N4. The van der Waals surface area contributed by atoms with Crippen LogP contribution >= 0.6 is 0 Å². The number of hydrogen-bond acceptors (Lipinski definition) is 4. The SMILES string of the molecule is CCNc1ncc(C)c(NCC2CC2(C)C)n1. The minimum Gasteiger partial charge on any atom is -0.369 e. The Morgan fingerprint density at radius 3 is 2.71 bits per heavy atom. The van der Waals surface area contributed by atoms with Crippen LogP contribution in [0.15, 0.2) is 6.20 Å². The van der Waals surface area contributed by atoms with Gasteiger partial charge in [0.2, 0.25) is 5.95 Å². The van der Waals surface area contributed by atoms with E-state index in [2.05, 4.69) is 34.4 Å². The van der Waals surface area contributed by atoms with E-state index in [0.29, 0.717) is 11.4 Å². The van der Waals surface area contributed by atoms with Gasteiger partial charge in [0.05, 0.1) is 0 Å². The first-order valence-electron chi connectivity index (χ1n) is 6.34. The Morgan fingerprint density at radius 1 is 1.41 bits per heavy atom. The molecule has 4 heteroatoms. The van der Waals surface area contributed by atoms with Gasteiger partial charge in [0.15, 0.2) is 0 Å². The van der Waals surface area contributed by atoms with Gasteiger partial charge < -0.3 is 10.6 Å². The van der Waals surface area contributed by atoms with Gasteiger partial charge in [-0.2, -0.15) is 4.98 Å². The van der Waals surface area contributed by atoms with Crippen molar-refractivity contribution in [2.45, 2.75) is 34.1 Å². The molecule has 0 spiro atoms. The lowest BCUT2D eigenvalue weighted by atomic mass is 10.1. The van der Waals surface area contributed by atoms with Gasteiger partial charge in [0, 0.05) is 24.8 Å². The van der Waals surface area contributed by atoms with E-state index in [1.165, 1.54) is 6.42 Å². The average molecular weight is 234 g/mol. The molecule has 2 rings (SSSR count). The maximum atomic E-state index is 4.48. The predicted molar refractivity (Wildman–Crippen MR) is 71.3 cm³/mol. The minimum atomic E-state index is 0.512. The quantitative estimate of drug-likeness (QED) is 0.822. The summed E-state index contributed by atoms with van der Waals surface area (Å²) in [4.78, 5) is 8.71. The first-order valence-corrected chi connectivity index (χ1v) is 6.34. The zero-order chi connectivity index (χ0) is 12.5. The molecule has 0 aliphatic heterocycles. The molecule has 2 N–H and O–H groups in total. The van der Waals surface area contributed by atoms with Crippen LogP contribution in [0.25, 0.3) is 0 Å². The number of hydrogen-bond donors (Lipinski definition) is 2. The zero-order valence-electron chi connectivity index (χ0n) is 11.2. The predicted octanol–water partition coefficient (Wildman–Crippen LogP) is 2.67. The number of aryl methyl sites for hydroxylation is 1. The number of nitrogens with zero attached hydrogens (tertiary/aromatic N) is 2. The third kappa shape index (κ3) is 2.87. The standard InChI is InChI=1S/C13H22N4/c1-5-14-12-16-7-9(2)11(17-12)15-8-10-6-13(10,3)4/h7,10H,5-6,8H2,1-4H3,(H2,14,15,16,17). The Morgan fingerprint density at radius 2 is 2.12 bits per heavy atom. The van der Waals surface area contributed by atoms with Crippen LogP contribution in [0.2, 0.25) is 0 Å². The second-order valence-electron chi connectivity index (χ2n) is 5.53. The summed E-state index contributed by atoms with van der Waals surface area (Å²) in [5, 5.41) is 6.57. The van der Waals surface area contributed by atoms with Crippen LogP contribution in [0.3, 0.4) is 0 Å². The Hall–Kier alpha value is -1.32. The smallest absolute Gasteiger partial charge is 0.224 e. The van der Waals surface area contributed by atoms with E-state index in [1.807, 2.05) is 20.0 Å². The van der Waals surface area contributed by atoms with Crippen LogP contribution in [-0.4, -0.2) is 23.1 Å². The van der Waals surface area contributed by atoms with Gasteiger partial charge in [-0.05, 0) is 31.6 Å². The highest BCUT2D eigenvalue weighted by atomic mass is 15.1. The van der Waals surface area contributed by atoms with Crippen LogP contribution in [-0.2, 0) is 0 Å². The average Bonchev–Trinajstić information content (AvgIpc) is 2.88. The van der Waals surface area contributed by atoms with Gasteiger partial charge in [0.1, 0.15) is 5.82 Å². The molecule has 94 valence electrons. The van der Waals surface area contributed by atoms with E-state index >= 15 is 0 Å². The molecule has 0 aromatic carbocycles. The van der Waals surface area contributed by atoms with Crippen molar-refractivity contribution < 1.29 is 0 Å². The largest absolute Gasteiger partial charge is 0.369 e. The van der Waals surface area contributed by atoms with Crippen molar-refractivity contribution >= 4 is 11.8 Å². The summed E-state index contributed by atoms with van der Waals surface area (Å²) >= 11 is 0. The molecule has 1 aromatic heterocycles. The topological polar surface area (TPSA) is 49.8 Å². The normalized spacial score (nSPS) is 21.1. The highest BCUT2D eigenvalue weighted by molar-refractivity contribution is 5.46. The Balaban J connectivity index is 1.97. The van der Waals surface area contributed by atoms with Gasteiger partial charge in [-0.1, -0.05) is 13.8 Å². The lowest BCUT2D eigenvalue weighted by Crippen LogP contribution is -2.11. The van der Waals surface area contributed by atoms with Crippen LogP contribution in [0.5, 0.6) is 0 Å². The van der Waals surface area contributed by atoms with Crippen molar-refractivity contribution in [2.75, 3.05) is 23.7 Å². The lowest BCUT2D eigenvalue weighted by molar-refractivity contribution is 0.572. The number of anilines is 2. The van der Waals surface area contributed by atoms with E-state index in [4.69, 9.17) is 0 Å². The first-order chi connectivity index (χ1) is 8.03. The van der Waals surface area contributed by atoms with Gasteiger partial charge in [-0.15, -0.1) is 0 Å². The van der Waals surface area contributed by atoms with Crippen LogP contribution in [0.4, 0.5) is 11.8 Å². The van der Waals surface area contributed by atoms with Gasteiger partial charge in [-0.3, -0.25) is 0 Å². The Kier molecular flexibility index (Phi) is 3.22. The summed E-state index contributed by atoms with van der Waals surface area (Å²) in [6.07, 6.45) is 3.18. The Labute approximate surface area is 103 Å². The van der Waals surface area contributed by atoms with Gasteiger partial charge in [0.25, 0.3) is 0 Å². The van der Waals surface area contributed by atoms with E-state index in [-0.39, 0.29) is 0 Å². The summed E-state index contributed by atoms with van der Waals surface area (Å²) in [7, 11) is 0. The van der Waals surface area contributed by atoms with Crippen molar-refractivity contribution in [3.05, 3.63) is 11.8 Å². The van der Waals surface area contributed by atoms with Gasteiger partial charge >= 0.3 is 0 Å². The molecular weight excluding hydrogens is 212 g/mol. The van der Waals surface area contributed by atoms with Crippen LogP contribution in [0, 0.1) is 18.3 Å². The van der Waals surface area contributed by atoms with Crippen molar-refractivity contribution in [1.29, 1.82) is 0 Å². The molecule has 1 saturated carbocycles. The summed E-state index contributed by atoms with van der Waals surface area (Å²) in [6, 6.07) is 0. The summed E-state index contributed by atoms with van der Waals surface area (Å²) in [5.74, 6) is 2.44. The fraction of sp³-hybridized carbons (Fsp3) is 0.692. The molecule has 1 unspecified atom stereocenters. The van der Waals surface area contributed by atoms with Crippen LogP contribution in [0.1, 0.15) is 32.8 Å². The molecule has 1 aliphatic carbocycles. The molecule has 4 nitrogen and oxygen atoms in total. The molecule has 1 fully saturated rings. The molecule has 0 amide bonds. The molecule has 0 bridgehead atoms. The number of nitrogens with one attached hydrogen (secondary N) is 2. The van der Waals surface area contributed by atoms with E-state index in [1.54, 1.807) is 0 Å². The molecule has 17 heavy (non-hydrogen) atoms. The van der Waals surface area contributed by atoms with E-state index in [0.717, 1.165) is 30.4 Å². The Bertz CT molecular complexity index is 400. The molecule has 0 radical (unpaired) electrons. The minimum absolute atomic E-state index is 0.512. The van der Waals surface area contributed by atoms with Crippen molar-refractivity contribution in [1.82, 2.24) is 9.97 Å². The summed E-state index contributed by atoms with van der Waals surface area (Å²) < 4.78 is 0. The molecule has 1 aliphatic rings. The highest BCUT2D eigenvalue weighted by Gasteiger charge is 2.45. The molecule has 0 saturated heterocycles. The second kappa shape index (κ2) is 4.51. The second-order valence-corrected chi connectivity index (χ2v) is 5.53. The third-order valence-corrected chi connectivity index (χ3v) is 3.54. The summed E-state index contributed by atoms with van der Waals surface area (Å²) in [5.41, 5.74) is 1.61.